The van der Waals surface area contributed by atoms with Crippen LogP contribution in [-0.4, -0.2) is 13.1 Å². The summed E-state index contributed by atoms with van der Waals surface area (Å²) in [6.45, 7) is 9.65. The molecular formula is C16H23F4N. The van der Waals surface area contributed by atoms with Crippen LogP contribution in [0.25, 0.3) is 0 Å². The summed E-state index contributed by atoms with van der Waals surface area (Å²) in [5.41, 5.74) is -1.01. The van der Waals surface area contributed by atoms with E-state index in [0.717, 1.165) is 31.6 Å². The molecule has 0 saturated heterocycles. The van der Waals surface area contributed by atoms with E-state index in [4.69, 9.17) is 0 Å². The van der Waals surface area contributed by atoms with Crippen LogP contribution in [0.1, 0.15) is 45.2 Å². The Balaban J connectivity index is 2.77. The first-order valence-electron chi connectivity index (χ1n) is 7.12. The van der Waals surface area contributed by atoms with Crippen LogP contribution >= 0.6 is 0 Å². The third kappa shape index (κ3) is 5.30. The minimum Gasteiger partial charge on any atom is -0.316 e. The Hall–Kier alpha value is -1.10. The molecule has 0 unspecified atom stereocenters. The summed E-state index contributed by atoms with van der Waals surface area (Å²) in [5, 5.41) is 3.29. The van der Waals surface area contributed by atoms with Crippen molar-refractivity contribution in [1.29, 1.82) is 0 Å². The molecule has 0 saturated carbocycles. The Morgan fingerprint density at radius 2 is 1.76 bits per heavy atom. The zero-order chi connectivity index (χ0) is 16.3. The van der Waals surface area contributed by atoms with Crippen LogP contribution in [0.15, 0.2) is 18.2 Å². The molecule has 0 fully saturated rings. The summed E-state index contributed by atoms with van der Waals surface area (Å²) in [4.78, 5) is 0. The standard InChI is InChI=1S/C16H23F4N/c1-11(2)10-21-8-7-15(3,4)12-5-6-13(14(17)9-12)16(18,19)20/h5-6,9,11,21H,7-8,10H2,1-4H3. The van der Waals surface area contributed by atoms with Gasteiger partial charge in [0.15, 0.2) is 0 Å². The summed E-state index contributed by atoms with van der Waals surface area (Å²) in [7, 11) is 0. The lowest BCUT2D eigenvalue weighted by Gasteiger charge is -2.26. The number of hydrogen-bond donors (Lipinski definition) is 1. The molecule has 1 N–H and O–H groups in total. The Labute approximate surface area is 123 Å². The Bertz CT molecular complexity index is 464. The lowest BCUT2D eigenvalue weighted by atomic mass is 9.81. The van der Waals surface area contributed by atoms with Crippen LogP contribution in [0.5, 0.6) is 0 Å². The molecule has 1 aromatic carbocycles. The van der Waals surface area contributed by atoms with Crippen LogP contribution in [0, 0.1) is 11.7 Å². The van der Waals surface area contributed by atoms with E-state index in [2.05, 4.69) is 19.2 Å². The summed E-state index contributed by atoms with van der Waals surface area (Å²) >= 11 is 0. The highest BCUT2D eigenvalue weighted by molar-refractivity contribution is 5.31. The van der Waals surface area contributed by atoms with Gasteiger partial charge in [-0.3, -0.25) is 0 Å². The van der Waals surface area contributed by atoms with Gasteiger partial charge < -0.3 is 5.32 Å². The molecule has 0 aliphatic heterocycles. The zero-order valence-electron chi connectivity index (χ0n) is 12.9. The molecule has 1 aromatic rings. The van der Waals surface area contributed by atoms with Crippen molar-refractivity contribution in [1.82, 2.24) is 5.32 Å². The van der Waals surface area contributed by atoms with Crippen molar-refractivity contribution < 1.29 is 17.6 Å². The molecule has 0 radical (unpaired) electrons. The maximum atomic E-state index is 13.6. The molecule has 21 heavy (non-hydrogen) atoms. The summed E-state index contributed by atoms with van der Waals surface area (Å²) < 4.78 is 51.3. The predicted molar refractivity (Wildman–Crippen MR) is 76.8 cm³/mol. The number of hydrogen-bond acceptors (Lipinski definition) is 1. The van der Waals surface area contributed by atoms with Crippen molar-refractivity contribution in [2.24, 2.45) is 5.92 Å². The molecule has 1 nitrogen and oxygen atoms in total. The molecule has 0 amide bonds. The van der Waals surface area contributed by atoms with Gasteiger partial charge in [-0.2, -0.15) is 13.2 Å². The van der Waals surface area contributed by atoms with Crippen LogP contribution in [-0.2, 0) is 11.6 Å². The SMILES string of the molecule is CC(C)CNCCC(C)(C)c1ccc(C(F)(F)F)c(F)c1. The Kier molecular flexibility index (Phi) is 5.79. The van der Waals surface area contributed by atoms with Crippen LogP contribution in [0.4, 0.5) is 17.6 Å². The van der Waals surface area contributed by atoms with Crippen molar-refractivity contribution in [3.63, 3.8) is 0 Å². The van der Waals surface area contributed by atoms with Gasteiger partial charge in [0.25, 0.3) is 0 Å². The molecule has 0 aromatic heterocycles. The van der Waals surface area contributed by atoms with E-state index in [-0.39, 0.29) is 5.41 Å². The van der Waals surface area contributed by atoms with Crippen LogP contribution < -0.4 is 5.32 Å². The molecular weight excluding hydrogens is 282 g/mol. The maximum Gasteiger partial charge on any atom is 0.419 e. The fourth-order valence-electron chi connectivity index (χ4n) is 2.10. The van der Waals surface area contributed by atoms with Crippen LogP contribution in [0.3, 0.4) is 0 Å². The molecule has 0 aliphatic rings. The number of rotatable bonds is 6. The van der Waals surface area contributed by atoms with Crippen molar-refractivity contribution in [3.8, 4) is 0 Å². The third-order valence-electron chi connectivity index (χ3n) is 3.54. The summed E-state index contributed by atoms with van der Waals surface area (Å²) in [5.74, 6) is -0.667. The average molecular weight is 305 g/mol. The molecule has 0 atom stereocenters. The summed E-state index contributed by atoms with van der Waals surface area (Å²) in [6, 6.07) is 3.20. The van der Waals surface area contributed by atoms with Crippen molar-refractivity contribution in [2.45, 2.75) is 45.7 Å². The van der Waals surface area contributed by atoms with Gasteiger partial charge >= 0.3 is 6.18 Å². The molecule has 0 heterocycles. The number of alkyl halides is 3. The first-order chi connectivity index (χ1) is 9.54. The van der Waals surface area contributed by atoms with Crippen molar-refractivity contribution in [2.75, 3.05) is 13.1 Å². The molecule has 1 rings (SSSR count). The molecule has 0 bridgehead atoms. The Morgan fingerprint density at radius 1 is 1.14 bits per heavy atom. The largest absolute Gasteiger partial charge is 0.419 e. The topological polar surface area (TPSA) is 12.0 Å². The lowest BCUT2D eigenvalue weighted by Crippen LogP contribution is -2.28. The van der Waals surface area contributed by atoms with Gasteiger partial charge in [0.2, 0.25) is 0 Å². The normalized spacial score (nSPS) is 13.0. The van der Waals surface area contributed by atoms with E-state index in [1.54, 1.807) is 0 Å². The van der Waals surface area contributed by atoms with E-state index in [9.17, 15) is 17.6 Å². The van der Waals surface area contributed by atoms with E-state index in [1.165, 1.54) is 6.07 Å². The molecule has 0 aliphatic carbocycles. The van der Waals surface area contributed by atoms with Gasteiger partial charge in [0.1, 0.15) is 5.82 Å². The number of benzene rings is 1. The first-order valence-corrected chi connectivity index (χ1v) is 7.12. The highest BCUT2D eigenvalue weighted by Crippen LogP contribution is 2.34. The predicted octanol–water partition coefficient (Wildman–Crippen LogP) is 4.76. The average Bonchev–Trinajstić information content (AvgIpc) is 2.32. The first kappa shape index (κ1) is 18.0. The minimum absolute atomic E-state index is 0.380. The summed E-state index contributed by atoms with van der Waals surface area (Å²) in [6.07, 6.45) is -3.92. The highest BCUT2D eigenvalue weighted by atomic mass is 19.4. The van der Waals surface area contributed by atoms with Crippen molar-refractivity contribution >= 4 is 0 Å². The number of nitrogens with one attached hydrogen (secondary N) is 1. The van der Waals surface area contributed by atoms with Gasteiger partial charge in [-0.05, 0) is 48.5 Å². The van der Waals surface area contributed by atoms with Gasteiger partial charge in [0.05, 0.1) is 5.56 Å². The lowest BCUT2D eigenvalue weighted by molar-refractivity contribution is -0.140. The minimum atomic E-state index is -4.65. The highest BCUT2D eigenvalue weighted by Gasteiger charge is 2.34. The van der Waals surface area contributed by atoms with Gasteiger partial charge in [-0.15, -0.1) is 0 Å². The second-order valence-corrected chi connectivity index (χ2v) is 6.42. The monoisotopic (exact) mass is 305 g/mol. The molecule has 0 spiro atoms. The second-order valence-electron chi connectivity index (χ2n) is 6.42. The van der Waals surface area contributed by atoms with Gasteiger partial charge in [0, 0.05) is 0 Å². The molecule has 120 valence electrons. The molecule has 5 heteroatoms. The second kappa shape index (κ2) is 6.77. The quantitative estimate of drug-likeness (QED) is 0.590. The third-order valence-corrected chi connectivity index (χ3v) is 3.54. The van der Waals surface area contributed by atoms with E-state index >= 15 is 0 Å². The zero-order valence-corrected chi connectivity index (χ0v) is 12.9. The van der Waals surface area contributed by atoms with E-state index in [0.29, 0.717) is 11.5 Å². The van der Waals surface area contributed by atoms with E-state index in [1.807, 2.05) is 13.8 Å². The fraction of sp³-hybridized carbons (Fsp3) is 0.625. The van der Waals surface area contributed by atoms with Crippen molar-refractivity contribution in [3.05, 3.63) is 35.1 Å². The fourth-order valence-corrected chi connectivity index (χ4v) is 2.10. The Morgan fingerprint density at radius 3 is 2.24 bits per heavy atom. The van der Waals surface area contributed by atoms with Crippen LogP contribution in [0.2, 0.25) is 0 Å². The smallest absolute Gasteiger partial charge is 0.316 e. The maximum absolute atomic E-state index is 13.6. The number of halogens is 4. The van der Waals surface area contributed by atoms with Gasteiger partial charge in [-0.1, -0.05) is 33.8 Å². The van der Waals surface area contributed by atoms with Gasteiger partial charge in [-0.25, -0.2) is 4.39 Å². The van der Waals surface area contributed by atoms with E-state index < -0.39 is 17.6 Å².